The van der Waals surface area contributed by atoms with Crippen LogP contribution in [0.15, 0.2) is 43.0 Å². The Morgan fingerprint density at radius 2 is 1.88 bits per heavy atom. The van der Waals surface area contributed by atoms with Crippen LogP contribution < -0.4 is 0 Å². The number of rotatable bonds is 6. The number of nitrogens with zero attached hydrogens (tertiary/aromatic N) is 1. The summed E-state index contributed by atoms with van der Waals surface area (Å²) in [6, 6.07) is 11.8. The minimum Gasteiger partial charge on any atom is -0.412 e. The Labute approximate surface area is 156 Å². The molecule has 0 saturated carbocycles. The summed E-state index contributed by atoms with van der Waals surface area (Å²) in [5.74, 6) is 0.526. The summed E-state index contributed by atoms with van der Waals surface area (Å²) in [6.07, 6.45) is 3.40. The molecule has 1 heterocycles. The third-order valence-electron chi connectivity index (χ3n) is 6.48. The van der Waals surface area contributed by atoms with Gasteiger partial charge in [0.25, 0.3) is 0 Å². The first-order chi connectivity index (χ1) is 11.6. The van der Waals surface area contributed by atoms with Gasteiger partial charge in [-0.15, -0.1) is 6.58 Å². The van der Waals surface area contributed by atoms with E-state index >= 15 is 0 Å². The highest BCUT2D eigenvalue weighted by atomic mass is 28.4. The summed E-state index contributed by atoms with van der Waals surface area (Å²) < 4.78 is 6.86. The van der Waals surface area contributed by atoms with Crippen LogP contribution in [0.25, 0.3) is 0 Å². The third-order valence-corrected chi connectivity index (χ3v) is 11.0. The standard InChI is InChI=1S/C22H37NOSi/c1-9-13-20-18(3)23(17(2)19-14-11-10-12-15-19)16-21(20)24-25(7,8)22(4,5)6/h9-12,14-15,17-18,20-21H,1,13,16H2,2-8H3/t17-,18?,20+,21-/m1/s1. The van der Waals surface area contributed by atoms with Crippen molar-refractivity contribution in [1.82, 2.24) is 4.90 Å². The quantitative estimate of drug-likeness (QED) is 0.454. The van der Waals surface area contributed by atoms with Gasteiger partial charge in [0.1, 0.15) is 0 Å². The molecule has 1 aliphatic rings. The van der Waals surface area contributed by atoms with Crippen molar-refractivity contribution >= 4 is 8.32 Å². The van der Waals surface area contributed by atoms with E-state index in [9.17, 15) is 0 Å². The monoisotopic (exact) mass is 359 g/mol. The SMILES string of the molecule is C=CC[C@H]1C(C)N([C@H](C)c2ccccc2)C[C@H]1O[Si](C)(C)C(C)(C)C. The summed E-state index contributed by atoms with van der Waals surface area (Å²) in [6.45, 7) is 21.4. The molecule has 25 heavy (non-hydrogen) atoms. The van der Waals surface area contributed by atoms with Crippen LogP contribution in [0.1, 0.15) is 52.6 Å². The van der Waals surface area contributed by atoms with Gasteiger partial charge >= 0.3 is 0 Å². The van der Waals surface area contributed by atoms with Crippen molar-refractivity contribution in [3.63, 3.8) is 0 Å². The molecule has 0 amide bonds. The number of allylic oxidation sites excluding steroid dienone is 1. The van der Waals surface area contributed by atoms with Gasteiger partial charge in [0.05, 0.1) is 6.10 Å². The predicted molar refractivity (Wildman–Crippen MR) is 111 cm³/mol. The normalized spacial score (nSPS) is 26.6. The largest absolute Gasteiger partial charge is 0.412 e. The van der Waals surface area contributed by atoms with E-state index in [1.807, 2.05) is 0 Å². The van der Waals surface area contributed by atoms with E-state index in [2.05, 4.69) is 95.6 Å². The summed E-state index contributed by atoms with van der Waals surface area (Å²) >= 11 is 0. The number of benzene rings is 1. The van der Waals surface area contributed by atoms with Gasteiger partial charge in [0.2, 0.25) is 0 Å². The maximum absolute atomic E-state index is 6.86. The lowest BCUT2D eigenvalue weighted by molar-refractivity contribution is 0.145. The van der Waals surface area contributed by atoms with Gasteiger partial charge in [0.15, 0.2) is 8.32 Å². The van der Waals surface area contributed by atoms with Gasteiger partial charge in [-0.1, -0.05) is 57.2 Å². The summed E-state index contributed by atoms with van der Waals surface area (Å²) in [7, 11) is -1.77. The summed E-state index contributed by atoms with van der Waals surface area (Å²) in [5, 5.41) is 0.243. The van der Waals surface area contributed by atoms with E-state index in [1.54, 1.807) is 0 Å². The van der Waals surface area contributed by atoms with Crippen molar-refractivity contribution in [3.8, 4) is 0 Å². The van der Waals surface area contributed by atoms with E-state index in [0.717, 1.165) is 13.0 Å². The molecule has 2 rings (SSSR count). The zero-order valence-electron chi connectivity index (χ0n) is 17.3. The van der Waals surface area contributed by atoms with Crippen molar-refractivity contribution in [2.45, 2.75) is 77.4 Å². The van der Waals surface area contributed by atoms with E-state index in [0.29, 0.717) is 24.1 Å². The average Bonchev–Trinajstić information content (AvgIpc) is 2.83. The first-order valence-corrected chi connectivity index (χ1v) is 12.6. The zero-order chi connectivity index (χ0) is 18.8. The Morgan fingerprint density at radius 3 is 2.40 bits per heavy atom. The van der Waals surface area contributed by atoms with Crippen molar-refractivity contribution in [2.24, 2.45) is 5.92 Å². The van der Waals surface area contributed by atoms with E-state index in [-0.39, 0.29) is 5.04 Å². The molecule has 0 radical (unpaired) electrons. The fourth-order valence-electron chi connectivity index (χ4n) is 3.72. The lowest BCUT2D eigenvalue weighted by Gasteiger charge is -2.39. The maximum Gasteiger partial charge on any atom is 0.192 e. The smallest absolute Gasteiger partial charge is 0.192 e. The van der Waals surface area contributed by atoms with E-state index < -0.39 is 8.32 Å². The second-order valence-corrected chi connectivity index (χ2v) is 13.9. The Morgan fingerprint density at radius 1 is 1.28 bits per heavy atom. The van der Waals surface area contributed by atoms with Crippen LogP contribution in [0.4, 0.5) is 0 Å². The molecule has 1 aromatic carbocycles. The number of hydrogen-bond acceptors (Lipinski definition) is 2. The number of likely N-dealkylation sites (tertiary alicyclic amines) is 1. The second kappa shape index (κ2) is 7.77. The minimum atomic E-state index is -1.77. The van der Waals surface area contributed by atoms with Crippen LogP contribution in [-0.2, 0) is 4.43 Å². The van der Waals surface area contributed by atoms with Gasteiger partial charge in [-0.3, -0.25) is 4.90 Å². The molecule has 0 N–H and O–H groups in total. The highest BCUT2D eigenvalue weighted by molar-refractivity contribution is 6.74. The Hall–Kier alpha value is -0.903. The fraction of sp³-hybridized carbons (Fsp3) is 0.636. The van der Waals surface area contributed by atoms with Gasteiger partial charge in [-0.25, -0.2) is 0 Å². The fourth-order valence-corrected chi connectivity index (χ4v) is 5.08. The highest BCUT2D eigenvalue weighted by Gasteiger charge is 2.46. The predicted octanol–water partition coefficient (Wildman–Crippen LogP) is 6.03. The van der Waals surface area contributed by atoms with Gasteiger partial charge in [-0.2, -0.15) is 0 Å². The molecule has 0 spiro atoms. The van der Waals surface area contributed by atoms with Crippen molar-refractivity contribution in [1.29, 1.82) is 0 Å². The molecule has 1 unspecified atom stereocenters. The molecule has 140 valence electrons. The Balaban J connectivity index is 2.22. The van der Waals surface area contributed by atoms with Gasteiger partial charge < -0.3 is 4.43 Å². The Kier molecular flexibility index (Phi) is 6.34. The summed E-state index contributed by atoms with van der Waals surface area (Å²) in [4.78, 5) is 2.63. The molecular weight excluding hydrogens is 322 g/mol. The molecule has 0 aliphatic carbocycles. The van der Waals surface area contributed by atoms with Crippen LogP contribution in [0.5, 0.6) is 0 Å². The zero-order valence-corrected chi connectivity index (χ0v) is 18.3. The first kappa shape index (κ1) is 20.4. The van der Waals surface area contributed by atoms with Crippen LogP contribution in [0.3, 0.4) is 0 Å². The Bertz CT molecular complexity index is 563. The molecular formula is C22H37NOSi. The molecule has 4 atom stereocenters. The molecule has 1 aromatic rings. The topological polar surface area (TPSA) is 12.5 Å². The van der Waals surface area contributed by atoms with Crippen LogP contribution in [0.2, 0.25) is 18.1 Å². The molecule has 3 heteroatoms. The molecule has 2 nitrogen and oxygen atoms in total. The molecule has 1 aliphatic heterocycles. The first-order valence-electron chi connectivity index (χ1n) is 9.68. The van der Waals surface area contributed by atoms with Crippen LogP contribution in [-0.4, -0.2) is 31.9 Å². The van der Waals surface area contributed by atoms with E-state index in [1.165, 1.54) is 5.56 Å². The molecule has 0 bridgehead atoms. The van der Waals surface area contributed by atoms with E-state index in [4.69, 9.17) is 4.43 Å². The van der Waals surface area contributed by atoms with Crippen LogP contribution in [0, 0.1) is 5.92 Å². The second-order valence-electron chi connectivity index (χ2n) is 9.13. The van der Waals surface area contributed by atoms with Crippen molar-refractivity contribution in [2.75, 3.05) is 6.54 Å². The maximum atomic E-state index is 6.86. The van der Waals surface area contributed by atoms with Crippen molar-refractivity contribution < 1.29 is 4.43 Å². The number of hydrogen-bond donors (Lipinski definition) is 0. The average molecular weight is 360 g/mol. The molecule has 0 aromatic heterocycles. The molecule has 1 saturated heterocycles. The van der Waals surface area contributed by atoms with Gasteiger partial charge in [0, 0.05) is 24.5 Å². The summed E-state index contributed by atoms with van der Waals surface area (Å²) in [5.41, 5.74) is 1.39. The van der Waals surface area contributed by atoms with Gasteiger partial charge in [-0.05, 0) is 44.0 Å². The molecule has 1 fully saturated rings. The lowest BCUT2D eigenvalue weighted by Crippen LogP contribution is -2.46. The van der Waals surface area contributed by atoms with Crippen molar-refractivity contribution in [3.05, 3.63) is 48.6 Å². The minimum absolute atomic E-state index is 0.243. The lowest BCUT2D eigenvalue weighted by atomic mass is 9.95. The highest BCUT2D eigenvalue weighted by Crippen LogP contribution is 2.42. The van der Waals surface area contributed by atoms with Crippen LogP contribution >= 0.6 is 0 Å². The third kappa shape index (κ3) is 4.44.